The highest BCUT2D eigenvalue weighted by Crippen LogP contribution is 2.31. The van der Waals surface area contributed by atoms with Crippen molar-refractivity contribution in [3.05, 3.63) is 12.2 Å². The van der Waals surface area contributed by atoms with Gasteiger partial charge >= 0.3 is 0 Å². The maximum absolute atomic E-state index is 11.2. The van der Waals surface area contributed by atoms with Crippen LogP contribution in [0.1, 0.15) is 12.8 Å². The molecule has 0 saturated carbocycles. The second-order valence-electron chi connectivity index (χ2n) is 3.38. The molecule has 1 fully saturated rings. The molecule has 13 heavy (non-hydrogen) atoms. The van der Waals surface area contributed by atoms with Gasteiger partial charge in [0.05, 0.1) is 25.7 Å². The van der Waals surface area contributed by atoms with E-state index in [0.717, 1.165) is 0 Å². The number of aliphatic hydroxyl groups excluding tert-OH is 1. The predicted octanol–water partition coefficient (Wildman–Crippen LogP) is 0.00950. The summed E-state index contributed by atoms with van der Waals surface area (Å²) >= 11 is 0. The fourth-order valence-electron chi connectivity index (χ4n) is 1.72. The molecule has 2 aliphatic rings. The van der Waals surface area contributed by atoms with Crippen molar-refractivity contribution in [2.75, 3.05) is 13.2 Å². The van der Waals surface area contributed by atoms with Gasteiger partial charge in [0.2, 0.25) is 0 Å². The van der Waals surface area contributed by atoms with Gasteiger partial charge in [-0.1, -0.05) is 6.08 Å². The number of hydrogen-bond acceptors (Lipinski definition) is 4. The highest BCUT2D eigenvalue weighted by Gasteiger charge is 2.40. The van der Waals surface area contributed by atoms with E-state index in [2.05, 4.69) is 0 Å². The summed E-state index contributed by atoms with van der Waals surface area (Å²) < 4.78 is 10.7. The highest BCUT2D eigenvalue weighted by molar-refractivity contribution is 5.90. The largest absolute Gasteiger partial charge is 0.389 e. The topological polar surface area (TPSA) is 55.8 Å². The second-order valence-corrected chi connectivity index (χ2v) is 3.38. The predicted molar refractivity (Wildman–Crippen MR) is 44.0 cm³/mol. The minimum Gasteiger partial charge on any atom is -0.389 e. The van der Waals surface area contributed by atoms with Crippen molar-refractivity contribution in [3.63, 3.8) is 0 Å². The third-order valence-corrected chi connectivity index (χ3v) is 2.28. The minimum atomic E-state index is -0.861. The highest BCUT2D eigenvalue weighted by atomic mass is 16.7. The molecule has 1 N–H and O–H groups in total. The molecule has 0 aromatic carbocycles. The van der Waals surface area contributed by atoms with Gasteiger partial charge in [0, 0.05) is 6.42 Å². The maximum atomic E-state index is 11.2. The monoisotopic (exact) mass is 184 g/mol. The molecule has 4 nitrogen and oxygen atoms in total. The molecule has 1 spiro atoms. The second kappa shape index (κ2) is 3.21. The van der Waals surface area contributed by atoms with Crippen LogP contribution in [0.4, 0.5) is 0 Å². The SMILES string of the molecule is O=C1C=C[C@H](O)CC2(C1)OCCO2. The lowest BCUT2D eigenvalue weighted by Gasteiger charge is -2.26. The molecular weight excluding hydrogens is 172 g/mol. The van der Waals surface area contributed by atoms with Crippen LogP contribution in [0.5, 0.6) is 0 Å². The Hall–Kier alpha value is -0.710. The van der Waals surface area contributed by atoms with Crippen molar-refractivity contribution in [3.8, 4) is 0 Å². The first-order valence-corrected chi connectivity index (χ1v) is 4.37. The zero-order valence-electron chi connectivity index (χ0n) is 7.23. The third kappa shape index (κ3) is 1.80. The van der Waals surface area contributed by atoms with Crippen LogP contribution in [0.3, 0.4) is 0 Å². The van der Waals surface area contributed by atoms with E-state index >= 15 is 0 Å². The summed E-state index contributed by atoms with van der Waals surface area (Å²) in [6.45, 7) is 1.00. The van der Waals surface area contributed by atoms with Crippen LogP contribution in [-0.2, 0) is 14.3 Å². The molecular formula is C9H12O4. The molecule has 0 aromatic rings. The van der Waals surface area contributed by atoms with Crippen LogP contribution in [-0.4, -0.2) is 36.0 Å². The summed E-state index contributed by atoms with van der Waals surface area (Å²) in [6.07, 6.45) is 2.78. The molecule has 4 heteroatoms. The van der Waals surface area contributed by atoms with Gasteiger partial charge in [-0.3, -0.25) is 4.79 Å². The van der Waals surface area contributed by atoms with E-state index < -0.39 is 11.9 Å². The Bertz CT molecular complexity index is 240. The van der Waals surface area contributed by atoms with Crippen molar-refractivity contribution in [1.29, 1.82) is 0 Å². The normalized spacial score (nSPS) is 32.4. The number of carbonyl (C=O) groups excluding carboxylic acids is 1. The smallest absolute Gasteiger partial charge is 0.178 e. The first kappa shape index (κ1) is 8.87. The Morgan fingerprint density at radius 1 is 1.46 bits per heavy atom. The van der Waals surface area contributed by atoms with E-state index in [0.29, 0.717) is 19.6 Å². The minimum absolute atomic E-state index is 0.0570. The zero-order chi connectivity index (χ0) is 9.31. The molecule has 0 radical (unpaired) electrons. The van der Waals surface area contributed by atoms with Crippen LogP contribution in [0, 0.1) is 0 Å². The Morgan fingerprint density at radius 3 is 2.85 bits per heavy atom. The molecule has 1 saturated heterocycles. The first-order chi connectivity index (χ1) is 6.20. The van der Waals surface area contributed by atoms with Gasteiger partial charge in [0.1, 0.15) is 0 Å². The molecule has 0 unspecified atom stereocenters. The van der Waals surface area contributed by atoms with E-state index in [1.807, 2.05) is 0 Å². The number of ketones is 1. The summed E-state index contributed by atoms with van der Waals surface area (Å²) in [5.74, 6) is -0.918. The van der Waals surface area contributed by atoms with Gasteiger partial charge in [-0.25, -0.2) is 0 Å². The average molecular weight is 184 g/mol. The Labute approximate surface area is 76.1 Å². The van der Waals surface area contributed by atoms with Gasteiger partial charge in [-0.15, -0.1) is 0 Å². The fourth-order valence-corrected chi connectivity index (χ4v) is 1.72. The lowest BCUT2D eigenvalue weighted by Crippen LogP contribution is -2.34. The number of carbonyl (C=O) groups is 1. The van der Waals surface area contributed by atoms with Gasteiger partial charge < -0.3 is 14.6 Å². The number of hydrogen-bond donors (Lipinski definition) is 1. The molecule has 0 aromatic heterocycles. The van der Waals surface area contributed by atoms with Crippen molar-refractivity contribution in [2.45, 2.75) is 24.7 Å². The number of aliphatic hydroxyl groups is 1. The van der Waals surface area contributed by atoms with E-state index in [1.54, 1.807) is 0 Å². The molecule has 1 atom stereocenters. The average Bonchev–Trinajstić information content (AvgIpc) is 2.43. The lowest BCUT2D eigenvalue weighted by atomic mass is 10.1. The van der Waals surface area contributed by atoms with Crippen molar-refractivity contribution < 1.29 is 19.4 Å². The number of rotatable bonds is 0. The van der Waals surface area contributed by atoms with E-state index in [4.69, 9.17) is 9.47 Å². The molecule has 0 bridgehead atoms. The molecule has 2 rings (SSSR count). The Balaban J connectivity index is 2.16. The van der Waals surface area contributed by atoms with Crippen molar-refractivity contribution in [2.24, 2.45) is 0 Å². The van der Waals surface area contributed by atoms with Crippen molar-refractivity contribution in [1.82, 2.24) is 0 Å². The van der Waals surface area contributed by atoms with Crippen LogP contribution in [0.2, 0.25) is 0 Å². The summed E-state index contributed by atoms with van der Waals surface area (Å²) in [7, 11) is 0. The van der Waals surface area contributed by atoms with E-state index in [-0.39, 0.29) is 12.2 Å². The quantitative estimate of drug-likeness (QED) is 0.576. The Kier molecular flexibility index (Phi) is 2.19. The maximum Gasteiger partial charge on any atom is 0.178 e. The van der Waals surface area contributed by atoms with Gasteiger partial charge in [0.15, 0.2) is 11.6 Å². The third-order valence-electron chi connectivity index (χ3n) is 2.28. The van der Waals surface area contributed by atoms with Gasteiger partial charge in [-0.2, -0.15) is 0 Å². The van der Waals surface area contributed by atoms with Crippen molar-refractivity contribution >= 4 is 5.78 Å². The summed E-state index contributed by atoms with van der Waals surface area (Å²) in [6, 6.07) is 0. The zero-order valence-corrected chi connectivity index (χ0v) is 7.23. The van der Waals surface area contributed by atoms with E-state index in [9.17, 15) is 9.90 Å². The van der Waals surface area contributed by atoms with Crippen LogP contribution < -0.4 is 0 Å². The Morgan fingerprint density at radius 2 is 2.15 bits per heavy atom. The van der Waals surface area contributed by atoms with E-state index in [1.165, 1.54) is 12.2 Å². The number of ether oxygens (including phenoxy) is 2. The number of allylic oxidation sites excluding steroid dienone is 1. The lowest BCUT2D eigenvalue weighted by molar-refractivity contribution is -0.177. The molecule has 1 heterocycles. The van der Waals surface area contributed by atoms with Crippen LogP contribution in [0.25, 0.3) is 0 Å². The molecule has 1 aliphatic heterocycles. The molecule has 0 amide bonds. The molecule has 1 aliphatic carbocycles. The summed E-state index contributed by atoms with van der Waals surface area (Å²) in [4.78, 5) is 11.2. The van der Waals surface area contributed by atoms with Gasteiger partial charge in [0.25, 0.3) is 0 Å². The standard InChI is InChI=1S/C9H12O4/c10-7-1-2-8(11)6-9(5-7)12-3-4-13-9/h1-2,7,10H,3-6H2/t7-/m0/s1. The van der Waals surface area contributed by atoms with Crippen LogP contribution >= 0.6 is 0 Å². The van der Waals surface area contributed by atoms with Gasteiger partial charge in [-0.05, 0) is 6.08 Å². The fraction of sp³-hybridized carbons (Fsp3) is 0.667. The van der Waals surface area contributed by atoms with Crippen LogP contribution in [0.15, 0.2) is 12.2 Å². The summed E-state index contributed by atoms with van der Waals surface area (Å²) in [5.41, 5.74) is 0. The summed E-state index contributed by atoms with van der Waals surface area (Å²) in [5, 5.41) is 9.43. The first-order valence-electron chi connectivity index (χ1n) is 4.37. The molecule has 72 valence electrons.